The summed E-state index contributed by atoms with van der Waals surface area (Å²) in [5, 5.41) is 0.779. The number of sulfonamides is 1. The van der Waals surface area contributed by atoms with Gasteiger partial charge in [-0.2, -0.15) is 0 Å². The van der Waals surface area contributed by atoms with Gasteiger partial charge in [-0.1, -0.05) is 0 Å². The molecule has 1 saturated heterocycles. The zero-order chi connectivity index (χ0) is 17.0. The molecule has 7 nitrogen and oxygen atoms in total. The average Bonchev–Trinajstić information content (AvgIpc) is 2.61. The number of hydrogen-bond donors (Lipinski definition) is 2. The zero-order valence-electron chi connectivity index (χ0n) is 13.6. The van der Waals surface area contributed by atoms with Crippen LogP contribution in [0.25, 0.3) is 10.9 Å². The summed E-state index contributed by atoms with van der Waals surface area (Å²) >= 11 is 0. The van der Waals surface area contributed by atoms with Crippen LogP contribution in [0, 0.1) is 0 Å². The van der Waals surface area contributed by atoms with E-state index < -0.39 is 10.0 Å². The number of fused-ring (bicyclic) bond motifs is 1. The van der Waals surface area contributed by atoms with Gasteiger partial charge < -0.3 is 10.6 Å². The Kier molecular flexibility index (Phi) is 5.27. The van der Waals surface area contributed by atoms with Crippen molar-refractivity contribution in [2.45, 2.75) is 30.6 Å². The quantitative estimate of drug-likeness (QED) is 0.761. The second-order valence-corrected chi connectivity index (χ2v) is 7.73. The SMILES string of the molecule is NCCCNS(=O)(=O)c1ccc2ncnc(N3CCCCC3)c2c1. The number of hydrogen-bond acceptors (Lipinski definition) is 6. The normalized spacial score (nSPS) is 15.8. The number of benzene rings is 1. The molecular weight excluding hydrogens is 326 g/mol. The summed E-state index contributed by atoms with van der Waals surface area (Å²) in [6.07, 6.45) is 5.63. The van der Waals surface area contributed by atoms with Crippen LogP contribution < -0.4 is 15.4 Å². The number of nitrogens with zero attached hydrogens (tertiary/aromatic N) is 3. The van der Waals surface area contributed by atoms with Crippen molar-refractivity contribution in [3.8, 4) is 0 Å². The van der Waals surface area contributed by atoms with Crippen LogP contribution >= 0.6 is 0 Å². The van der Waals surface area contributed by atoms with Crippen LogP contribution in [0.3, 0.4) is 0 Å². The second kappa shape index (κ2) is 7.42. The van der Waals surface area contributed by atoms with Gasteiger partial charge in [0, 0.05) is 25.0 Å². The first-order valence-corrected chi connectivity index (χ1v) is 9.79. The molecule has 1 fully saturated rings. The Bertz CT molecular complexity index is 803. The molecule has 0 spiro atoms. The van der Waals surface area contributed by atoms with Crippen LogP contribution in [0.15, 0.2) is 29.4 Å². The molecule has 24 heavy (non-hydrogen) atoms. The van der Waals surface area contributed by atoms with Crippen molar-refractivity contribution < 1.29 is 8.42 Å². The van der Waals surface area contributed by atoms with E-state index in [1.165, 1.54) is 6.42 Å². The van der Waals surface area contributed by atoms with Gasteiger partial charge in [0.25, 0.3) is 0 Å². The Hall–Kier alpha value is -1.77. The van der Waals surface area contributed by atoms with E-state index in [4.69, 9.17) is 5.73 Å². The van der Waals surface area contributed by atoms with Crippen LogP contribution in [-0.2, 0) is 10.0 Å². The van der Waals surface area contributed by atoms with Crippen LogP contribution in [0.1, 0.15) is 25.7 Å². The Labute approximate surface area is 142 Å². The molecule has 2 aromatic rings. The number of rotatable bonds is 6. The number of piperidine rings is 1. The summed E-state index contributed by atoms with van der Waals surface area (Å²) < 4.78 is 27.4. The number of anilines is 1. The predicted octanol–water partition coefficient (Wildman–Crippen LogP) is 1.25. The molecule has 1 aliphatic heterocycles. The molecule has 0 saturated carbocycles. The Morgan fingerprint density at radius 3 is 2.71 bits per heavy atom. The van der Waals surface area contributed by atoms with Crippen molar-refractivity contribution in [1.29, 1.82) is 0 Å². The molecule has 1 aromatic heterocycles. The molecule has 0 radical (unpaired) electrons. The molecule has 3 rings (SSSR count). The van der Waals surface area contributed by atoms with Gasteiger partial charge >= 0.3 is 0 Å². The van der Waals surface area contributed by atoms with Crippen molar-refractivity contribution in [1.82, 2.24) is 14.7 Å². The molecule has 8 heteroatoms. The highest BCUT2D eigenvalue weighted by molar-refractivity contribution is 7.89. The summed E-state index contributed by atoms with van der Waals surface area (Å²) in [4.78, 5) is 11.1. The largest absolute Gasteiger partial charge is 0.356 e. The van der Waals surface area contributed by atoms with Gasteiger partial charge in [-0.25, -0.2) is 23.1 Å². The minimum Gasteiger partial charge on any atom is -0.356 e. The smallest absolute Gasteiger partial charge is 0.240 e. The maximum atomic E-state index is 12.4. The maximum absolute atomic E-state index is 12.4. The summed E-state index contributed by atoms with van der Waals surface area (Å²) in [5.41, 5.74) is 6.17. The lowest BCUT2D eigenvalue weighted by Gasteiger charge is -2.28. The molecule has 0 unspecified atom stereocenters. The maximum Gasteiger partial charge on any atom is 0.240 e. The van der Waals surface area contributed by atoms with Gasteiger partial charge in [0.05, 0.1) is 10.4 Å². The van der Waals surface area contributed by atoms with Crippen molar-refractivity contribution >= 4 is 26.7 Å². The summed E-state index contributed by atoms with van der Waals surface area (Å²) in [6.45, 7) is 2.67. The first-order chi connectivity index (χ1) is 11.6. The number of nitrogens with one attached hydrogen (secondary N) is 1. The van der Waals surface area contributed by atoms with Gasteiger partial charge in [0.2, 0.25) is 10.0 Å². The standard InChI is InChI=1S/C16H23N5O2S/c17-7-4-8-20-24(22,23)13-5-6-15-14(11-13)16(19-12-18-15)21-9-2-1-3-10-21/h5-6,11-12,20H,1-4,7-10,17H2. The third kappa shape index (κ3) is 3.66. The molecule has 0 bridgehead atoms. The molecule has 0 atom stereocenters. The topological polar surface area (TPSA) is 101 Å². The lowest BCUT2D eigenvalue weighted by atomic mass is 10.1. The molecule has 1 aliphatic rings. The van der Waals surface area contributed by atoms with E-state index in [9.17, 15) is 8.42 Å². The van der Waals surface area contributed by atoms with E-state index in [-0.39, 0.29) is 4.90 Å². The van der Waals surface area contributed by atoms with Gasteiger partial charge in [0.1, 0.15) is 12.1 Å². The monoisotopic (exact) mass is 349 g/mol. The van der Waals surface area contributed by atoms with Crippen molar-refractivity contribution in [3.05, 3.63) is 24.5 Å². The number of aromatic nitrogens is 2. The van der Waals surface area contributed by atoms with Crippen molar-refractivity contribution in [2.75, 3.05) is 31.1 Å². The Balaban J connectivity index is 1.97. The Morgan fingerprint density at radius 1 is 1.17 bits per heavy atom. The highest BCUT2D eigenvalue weighted by atomic mass is 32.2. The van der Waals surface area contributed by atoms with E-state index >= 15 is 0 Å². The summed E-state index contributed by atoms with van der Waals surface area (Å²) in [5.74, 6) is 0.818. The Morgan fingerprint density at radius 2 is 1.96 bits per heavy atom. The lowest BCUT2D eigenvalue weighted by Crippen LogP contribution is -2.30. The minimum atomic E-state index is -3.55. The first-order valence-electron chi connectivity index (χ1n) is 8.31. The van der Waals surface area contributed by atoms with Crippen LogP contribution in [0.4, 0.5) is 5.82 Å². The first kappa shape index (κ1) is 17.1. The van der Waals surface area contributed by atoms with Gasteiger partial charge in [-0.05, 0) is 50.4 Å². The minimum absolute atomic E-state index is 0.236. The third-order valence-electron chi connectivity index (χ3n) is 4.22. The molecular formula is C16H23N5O2S. The van der Waals surface area contributed by atoms with E-state index in [0.717, 1.165) is 42.7 Å². The van der Waals surface area contributed by atoms with Gasteiger partial charge in [-0.3, -0.25) is 0 Å². The highest BCUT2D eigenvalue weighted by Gasteiger charge is 2.19. The van der Waals surface area contributed by atoms with Crippen LogP contribution in [0.5, 0.6) is 0 Å². The van der Waals surface area contributed by atoms with Crippen LogP contribution in [0.2, 0.25) is 0 Å². The summed E-state index contributed by atoms with van der Waals surface area (Å²) in [6, 6.07) is 4.99. The fourth-order valence-corrected chi connectivity index (χ4v) is 4.04. The molecule has 0 aliphatic carbocycles. The van der Waals surface area contributed by atoms with E-state index in [1.807, 2.05) is 0 Å². The summed E-state index contributed by atoms with van der Waals surface area (Å²) in [7, 11) is -3.55. The van der Waals surface area contributed by atoms with Gasteiger partial charge in [0.15, 0.2) is 0 Å². The van der Waals surface area contributed by atoms with Gasteiger partial charge in [-0.15, -0.1) is 0 Å². The second-order valence-electron chi connectivity index (χ2n) is 5.96. The zero-order valence-corrected chi connectivity index (χ0v) is 14.4. The average molecular weight is 349 g/mol. The molecule has 3 N–H and O–H groups in total. The van der Waals surface area contributed by atoms with E-state index in [0.29, 0.717) is 19.5 Å². The fourth-order valence-electron chi connectivity index (χ4n) is 2.94. The van der Waals surface area contributed by atoms with Crippen LogP contribution in [-0.4, -0.2) is 44.6 Å². The fraction of sp³-hybridized carbons (Fsp3) is 0.500. The van der Waals surface area contributed by atoms with Crippen molar-refractivity contribution in [3.63, 3.8) is 0 Å². The number of nitrogens with two attached hydrogens (primary N) is 1. The molecule has 2 heterocycles. The predicted molar refractivity (Wildman–Crippen MR) is 94.5 cm³/mol. The van der Waals surface area contributed by atoms with E-state index in [2.05, 4.69) is 19.6 Å². The third-order valence-corrected chi connectivity index (χ3v) is 5.68. The molecule has 130 valence electrons. The molecule has 0 amide bonds. The highest BCUT2D eigenvalue weighted by Crippen LogP contribution is 2.27. The lowest BCUT2D eigenvalue weighted by molar-refractivity contribution is 0.574. The van der Waals surface area contributed by atoms with E-state index in [1.54, 1.807) is 24.5 Å². The molecule has 1 aromatic carbocycles. The van der Waals surface area contributed by atoms with Crippen molar-refractivity contribution in [2.24, 2.45) is 5.73 Å².